The van der Waals surface area contributed by atoms with Crippen molar-refractivity contribution in [3.8, 4) is 0 Å². The normalized spacial score (nSPS) is 21.8. The first kappa shape index (κ1) is 18.1. The molecule has 0 unspecified atom stereocenters. The zero-order chi connectivity index (χ0) is 18.0. The van der Waals surface area contributed by atoms with Crippen LogP contribution in [0.3, 0.4) is 0 Å². The van der Waals surface area contributed by atoms with E-state index in [2.05, 4.69) is 0 Å². The third kappa shape index (κ3) is 3.79. The number of cyclic esters (lactones) is 1. The molecule has 8 nitrogen and oxygen atoms in total. The zero-order valence-corrected chi connectivity index (χ0v) is 14.7. The lowest BCUT2D eigenvalue weighted by Gasteiger charge is -2.26. The smallest absolute Gasteiger partial charge is 0.347 e. The summed E-state index contributed by atoms with van der Waals surface area (Å²) in [5.41, 5.74) is -0.115. The molecule has 0 amide bonds. The number of nitrogens with zero attached hydrogens (tertiary/aromatic N) is 1. The molecule has 0 radical (unpaired) electrons. The fourth-order valence-electron chi connectivity index (χ4n) is 2.53. The SMILES string of the molecule is O=C(O[C@@H]1CCOC1=O)c1cc(S(=O)(=O)N2CCOCC2)ccc1Cl. The van der Waals surface area contributed by atoms with E-state index < -0.39 is 28.1 Å². The van der Waals surface area contributed by atoms with E-state index >= 15 is 0 Å². The van der Waals surface area contributed by atoms with Gasteiger partial charge in [0.15, 0.2) is 0 Å². The number of sulfonamides is 1. The van der Waals surface area contributed by atoms with Crippen LogP contribution in [0.5, 0.6) is 0 Å². The van der Waals surface area contributed by atoms with Gasteiger partial charge in [-0.3, -0.25) is 0 Å². The van der Waals surface area contributed by atoms with Gasteiger partial charge in [0.25, 0.3) is 0 Å². The van der Waals surface area contributed by atoms with Gasteiger partial charge in [-0.15, -0.1) is 0 Å². The second kappa shape index (κ2) is 7.28. The fraction of sp³-hybridized carbons (Fsp3) is 0.467. The number of benzene rings is 1. The molecule has 25 heavy (non-hydrogen) atoms. The van der Waals surface area contributed by atoms with Crippen LogP contribution in [-0.2, 0) is 29.0 Å². The highest BCUT2D eigenvalue weighted by atomic mass is 35.5. The van der Waals surface area contributed by atoms with Crippen molar-refractivity contribution < 1.29 is 32.2 Å². The van der Waals surface area contributed by atoms with Gasteiger partial charge in [0.1, 0.15) is 0 Å². The maximum Gasteiger partial charge on any atom is 0.347 e. The van der Waals surface area contributed by atoms with Crippen LogP contribution in [0.2, 0.25) is 5.02 Å². The second-order valence-corrected chi connectivity index (χ2v) is 7.85. The van der Waals surface area contributed by atoms with Crippen molar-refractivity contribution in [1.29, 1.82) is 0 Å². The van der Waals surface area contributed by atoms with E-state index in [1.54, 1.807) is 0 Å². The number of hydrogen-bond donors (Lipinski definition) is 0. The Hall–Kier alpha value is -1.68. The van der Waals surface area contributed by atoms with Gasteiger partial charge in [-0.05, 0) is 18.2 Å². The lowest BCUT2D eigenvalue weighted by atomic mass is 10.2. The van der Waals surface area contributed by atoms with Crippen LogP contribution >= 0.6 is 11.6 Å². The Labute approximate surface area is 149 Å². The molecule has 0 aromatic heterocycles. The van der Waals surface area contributed by atoms with Gasteiger partial charge in [-0.2, -0.15) is 4.31 Å². The average molecular weight is 390 g/mol. The van der Waals surface area contributed by atoms with Gasteiger partial charge in [0.2, 0.25) is 16.1 Å². The van der Waals surface area contributed by atoms with E-state index in [9.17, 15) is 18.0 Å². The summed E-state index contributed by atoms with van der Waals surface area (Å²) in [6.45, 7) is 1.27. The number of esters is 2. The van der Waals surface area contributed by atoms with Crippen LogP contribution < -0.4 is 0 Å². The summed E-state index contributed by atoms with van der Waals surface area (Å²) in [4.78, 5) is 23.6. The molecule has 3 rings (SSSR count). The first-order valence-corrected chi connectivity index (χ1v) is 9.46. The molecule has 0 saturated carbocycles. The van der Waals surface area contributed by atoms with Gasteiger partial charge in [-0.25, -0.2) is 18.0 Å². The first-order chi connectivity index (χ1) is 11.9. The number of ether oxygens (including phenoxy) is 3. The lowest BCUT2D eigenvalue weighted by Crippen LogP contribution is -2.40. The van der Waals surface area contributed by atoms with Crippen molar-refractivity contribution in [2.24, 2.45) is 0 Å². The number of carbonyl (C=O) groups excluding carboxylic acids is 2. The Kier molecular flexibility index (Phi) is 5.28. The van der Waals surface area contributed by atoms with Crippen LogP contribution in [-0.4, -0.2) is 63.7 Å². The molecular weight excluding hydrogens is 374 g/mol. The van der Waals surface area contributed by atoms with Gasteiger partial charge in [-0.1, -0.05) is 11.6 Å². The van der Waals surface area contributed by atoms with Gasteiger partial charge >= 0.3 is 11.9 Å². The number of hydrogen-bond acceptors (Lipinski definition) is 7. The molecule has 2 heterocycles. The molecule has 2 saturated heterocycles. The average Bonchev–Trinajstić information content (AvgIpc) is 3.00. The number of carbonyl (C=O) groups is 2. The molecule has 2 aliphatic heterocycles. The number of rotatable bonds is 4. The summed E-state index contributed by atoms with van der Waals surface area (Å²) in [6, 6.07) is 3.81. The molecule has 0 N–H and O–H groups in total. The van der Waals surface area contributed by atoms with Crippen molar-refractivity contribution in [1.82, 2.24) is 4.31 Å². The topological polar surface area (TPSA) is 99.2 Å². The van der Waals surface area contributed by atoms with Crippen molar-refractivity contribution in [2.45, 2.75) is 17.4 Å². The van der Waals surface area contributed by atoms with Crippen LogP contribution in [0.25, 0.3) is 0 Å². The largest absolute Gasteiger partial charge is 0.463 e. The molecule has 1 aromatic rings. The monoisotopic (exact) mass is 389 g/mol. The minimum Gasteiger partial charge on any atom is -0.463 e. The van der Waals surface area contributed by atoms with Crippen LogP contribution in [0.4, 0.5) is 0 Å². The first-order valence-electron chi connectivity index (χ1n) is 7.64. The highest BCUT2D eigenvalue weighted by molar-refractivity contribution is 7.89. The van der Waals surface area contributed by atoms with Gasteiger partial charge < -0.3 is 14.2 Å². The Morgan fingerprint density at radius 1 is 1.24 bits per heavy atom. The molecule has 2 aliphatic rings. The fourth-order valence-corrected chi connectivity index (χ4v) is 4.16. The molecule has 2 fully saturated rings. The molecule has 0 bridgehead atoms. The molecule has 1 aromatic carbocycles. The van der Waals surface area contributed by atoms with E-state index in [1.165, 1.54) is 16.4 Å². The van der Waals surface area contributed by atoms with Crippen LogP contribution in [0.1, 0.15) is 16.8 Å². The van der Waals surface area contributed by atoms with E-state index in [1.807, 2.05) is 0 Å². The molecule has 136 valence electrons. The summed E-state index contributed by atoms with van der Waals surface area (Å²) in [6.07, 6.45) is -0.739. The molecule has 0 spiro atoms. The third-order valence-corrected chi connectivity index (χ3v) is 6.13. The summed E-state index contributed by atoms with van der Waals surface area (Å²) >= 11 is 6.00. The molecule has 1 atom stereocenters. The van der Waals surface area contributed by atoms with Crippen LogP contribution in [0.15, 0.2) is 23.1 Å². The Bertz CT molecular complexity index is 789. The van der Waals surface area contributed by atoms with Crippen molar-refractivity contribution in [3.05, 3.63) is 28.8 Å². The maximum atomic E-state index is 12.7. The predicted octanol–water partition coefficient (Wildman–Crippen LogP) is 0.833. The van der Waals surface area contributed by atoms with Crippen molar-refractivity contribution in [3.63, 3.8) is 0 Å². The van der Waals surface area contributed by atoms with E-state index in [-0.39, 0.29) is 41.6 Å². The van der Waals surface area contributed by atoms with E-state index in [4.69, 9.17) is 25.8 Å². The highest BCUT2D eigenvalue weighted by Crippen LogP contribution is 2.25. The molecular formula is C15H16ClNO7S. The Morgan fingerprint density at radius 2 is 1.96 bits per heavy atom. The standard InChI is InChI=1S/C15H16ClNO7S/c16-12-2-1-10(25(20,21)17-4-7-22-8-5-17)9-11(12)14(18)24-13-3-6-23-15(13)19/h1-2,9,13H,3-8H2/t13-/m1/s1. The summed E-state index contributed by atoms with van der Waals surface area (Å²) in [7, 11) is -3.78. The third-order valence-electron chi connectivity index (χ3n) is 3.90. The van der Waals surface area contributed by atoms with E-state index in [0.29, 0.717) is 13.2 Å². The second-order valence-electron chi connectivity index (χ2n) is 5.51. The van der Waals surface area contributed by atoms with E-state index in [0.717, 1.165) is 6.07 Å². The van der Waals surface area contributed by atoms with Gasteiger partial charge in [0, 0.05) is 19.5 Å². The minimum absolute atomic E-state index is 0.0392. The molecule has 10 heteroatoms. The van der Waals surface area contributed by atoms with Gasteiger partial charge in [0.05, 0.1) is 35.3 Å². The number of halogens is 1. The Morgan fingerprint density at radius 3 is 2.60 bits per heavy atom. The Balaban J connectivity index is 1.84. The molecule has 0 aliphatic carbocycles. The van der Waals surface area contributed by atoms with Crippen molar-refractivity contribution >= 4 is 33.6 Å². The van der Waals surface area contributed by atoms with Crippen LogP contribution in [0, 0.1) is 0 Å². The quantitative estimate of drug-likeness (QED) is 0.703. The minimum atomic E-state index is -3.78. The number of morpholine rings is 1. The zero-order valence-electron chi connectivity index (χ0n) is 13.1. The van der Waals surface area contributed by atoms with Crippen molar-refractivity contribution in [2.75, 3.05) is 32.9 Å². The maximum absolute atomic E-state index is 12.7. The lowest BCUT2D eigenvalue weighted by molar-refractivity contribution is -0.145. The summed E-state index contributed by atoms with van der Waals surface area (Å²) in [5.74, 6) is -1.49. The summed E-state index contributed by atoms with van der Waals surface area (Å²) in [5, 5.41) is 0.0392. The predicted molar refractivity (Wildman–Crippen MR) is 85.8 cm³/mol. The highest BCUT2D eigenvalue weighted by Gasteiger charge is 2.32. The summed E-state index contributed by atoms with van der Waals surface area (Å²) < 4.78 is 41.6.